The molecule has 0 amide bonds. The molecule has 1 atom stereocenters. The zero-order chi connectivity index (χ0) is 21.1. The van der Waals surface area contributed by atoms with Gasteiger partial charge >= 0.3 is 0 Å². The van der Waals surface area contributed by atoms with E-state index in [0.29, 0.717) is 11.3 Å². The van der Waals surface area contributed by atoms with Crippen molar-refractivity contribution < 1.29 is 14.2 Å². The number of hydrogen-bond acceptors (Lipinski definition) is 4. The fourth-order valence-electron chi connectivity index (χ4n) is 4.16. The average molecular weight is 401 g/mol. The van der Waals surface area contributed by atoms with Crippen LogP contribution in [0.5, 0.6) is 11.5 Å². The number of ether oxygens (including phenoxy) is 1. The second kappa shape index (κ2) is 9.14. The van der Waals surface area contributed by atoms with Gasteiger partial charge in [0.05, 0.1) is 6.04 Å². The van der Waals surface area contributed by atoms with Gasteiger partial charge in [-0.05, 0) is 62.3 Å². The van der Waals surface area contributed by atoms with Gasteiger partial charge in [-0.1, -0.05) is 26.3 Å². The van der Waals surface area contributed by atoms with Crippen molar-refractivity contribution in [2.24, 2.45) is 0 Å². The number of phenolic OH excluding ortho intramolecular Hbond substituents is 1. The number of likely N-dealkylation sites (N-methyl/N-ethyl adjacent to an activating group) is 2. The lowest BCUT2D eigenvalue weighted by molar-refractivity contribution is 0.0385. The maximum atomic E-state index is 15.1. The summed E-state index contributed by atoms with van der Waals surface area (Å²) in [6.45, 7) is 8.78. The van der Waals surface area contributed by atoms with E-state index in [1.165, 1.54) is 12.5 Å². The first-order valence-corrected chi connectivity index (χ1v) is 10.5. The summed E-state index contributed by atoms with van der Waals surface area (Å²) in [5, 5.41) is 9.78. The van der Waals surface area contributed by atoms with Crippen LogP contribution >= 0.6 is 0 Å². The van der Waals surface area contributed by atoms with Crippen molar-refractivity contribution in [1.82, 2.24) is 9.80 Å². The molecule has 4 nitrogen and oxygen atoms in total. The summed E-state index contributed by atoms with van der Waals surface area (Å²) in [5.74, 6) is 0.634. The van der Waals surface area contributed by atoms with Crippen LogP contribution in [0.2, 0.25) is 0 Å². The summed E-state index contributed by atoms with van der Waals surface area (Å²) in [4.78, 5) is 4.35. The molecule has 4 rings (SSSR count). The molecule has 0 spiro atoms. The molecule has 0 bridgehead atoms. The second-order valence-corrected chi connectivity index (χ2v) is 8.32. The van der Waals surface area contributed by atoms with Gasteiger partial charge in [0, 0.05) is 31.3 Å². The topological polar surface area (TPSA) is 35.9 Å². The van der Waals surface area contributed by atoms with E-state index in [-0.39, 0.29) is 23.7 Å². The zero-order valence-corrected chi connectivity index (χ0v) is 18.2. The highest BCUT2D eigenvalue weighted by molar-refractivity contribution is 5.47. The Balaban J connectivity index is 0.000000755. The van der Waals surface area contributed by atoms with Crippen LogP contribution in [0.4, 0.5) is 4.39 Å². The summed E-state index contributed by atoms with van der Waals surface area (Å²) < 4.78 is 21.0. The summed E-state index contributed by atoms with van der Waals surface area (Å²) in [5.41, 5.74) is 3.74. The molecule has 2 aliphatic rings. The maximum absolute atomic E-state index is 15.1. The number of halogens is 1. The standard InChI is InChI=1S/C21H25FN2O2.C3H8/c1-13-8-16(26-17-11-23(2)12-17)10-19(22)20(13)21-18-5-4-15(25)9-14(18)6-7-24(21)3;1-3-2/h4-5,8-10,17,21,25H,6-7,11-12H2,1-3H3;3H2,1-2H3/t21-;/m1./s1. The smallest absolute Gasteiger partial charge is 0.132 e. The van der Waals surface area contributed by atoms with E-state index in [0.717, 1.165) is 42.7 Å². The Labute approximate surface area is 173 Å². The molecule has 0 unspecified atom stereocenters. The lowest BCUT2D eigenvalue weighted by Gasteiger charge is -2.37. The zero-order valence-electron chi connectivity index (χ0n) is 18.2. The number of aromatic hydroxyl groups is 1. The molecule has 29 heavy (non-hydrogen) atoms. The third-order valence-corrected chi connectivity index (χ3v) is 5.51. The summed E-state index contributed by atoms with van der Waals surface area (Å²) >= 11 is 0. The number of aryl methyl sites for hydroxylation is 1. The summed E-state index contributed by atoms with van der Waals surface area (Å²) in [7, 11) is 4.07. The normalized spacial score (nSPS) is 19.7. The highest BCUT2D eigenvalue weighted by atomic mass is 19.1. The van der Waals surface area contributed by atoms with Crippen LogP contribution in [0.3, 0.4) is 0 Å². The molecule has 2 aromatic carbocycles. The molecule has 0 aromatic heterocycles. The largest absolute Gasteiger partial charge is 0.508 e. The van der Waals surface area contributed by atoms with E-state index in [1.54, 1.807) is 12.1 Å². The van der Waals surface area contributed by atoms with Crippen molar-refractivity contribution in [3.8, 4) is 11.5 Å². The van der Waals surface area contributed by atoms with E-state index in [2.05, 4.69) is 23.6 Å². The molecular formula is C24H33FN2O2. The molecule has 158 valence electrons. The number of rotatable bonds is 3. The first kappa shape index (κ1) is 21.6. The fourth-order valence-corrected chi connectivity index (χ4v) is 4.16. The Bertz CT molecular complexity index is 826. The second-order valence-electron chi connectivity index (χ2n) is 8.32. The van der Waals surface area contributed by atoms with Crippen LogP contribution in [-0.4, -0.2) is 54.7 Å². The Morgan fingerprint density at radius 3 is 2.45 bits per heavy atom. The van der Waals surface area contributed by atoms with E-state index in [9.17, 15) is 5.11 Å². The third kappa shape index (κ3) is 4.73. The minimum atomic E-state index is -0.231. The van der Waals surface area contributed by atoms with E-state index in [1.807, 2.05) is 33.2 Å². The van der Waals surface area contributed by atoms with Gasteiger partial charge in [0.25, 0.3) is 0 Å². The number of hydrogen-bond donors (Lipinski definition) is 1. The molecule has 0 radical (unpaired) electrons. The van der Waals surface area contributed by atoms with Crippen LogP contribution < -0.4 is 4.74 Å². The fraction of sp³-hybridized carbons (Fsp3) is 0.500. The first-order valence-electron chi connectivity index (χ1n) is 10.5. The van der Waals surface area contributed by atoms with Crippen molar-refractivity contribution >= 4 is 0 Å². The quantitative estimate of drug-likeness (QED) is 0.821. The molecule has 1 saturated heterocycles. The highest BCUT2D eigenvalue weighted by Gasteiger charge is 2.31. The van der Waals surface area contributed by atoms with Crippen LogP contribution in [0, 0.1) is 12.7 Å². The molecule has 5 heteroatoms. The third-order valence-electron chi connectivity index (χ3n) is 5.51. The molecule has 0 saturated carbocycles. The highest BCUT2D eigenvalue weighted by Crippen LogP contribution is 2.39. The monoisotopic (exact) mass is 400 g/mol. The Morgan fingerprint density at radius 2 is 1.83 bits per heavy atom. The van der Waals surface area contributed by atoms with Gasteiger partial charge in [0.15, 0.2) is 0 Å². The predicted octanol–water partition coefficient (Wildman–Crippen LogP) is 4.53. The van der Waals surface area contributed by atoms with Gasteiger partial charge in [-0.25, -0.2) is 4.39 Å². The van der Waals surface area contributed by atoms with Crippen molar-refractivity contribution in [2.45, 2.75) is 45.8 Å². The van der Waals surface area contributed by atoms with Crippen molar-refractivity contribution in [3.63, 3.8) is 0 Å². The van der Waals surface area contributed by atoms with Crippen LogP contribution in [0.15, 0.2) is 30.3 Å². The van der Waals surface area contributed by atoms with Gasteiger partial charge in [-0.15, -0.1) is 0 Å². The van der Waals surface area contributed by atoms with Crippen LogP contribution in [-0.2, 0) is 6.42 Å². The first-order chi connectivity index (χ1) is 13.8. The van der Waals surface area contributed by atoms with Gasteiger partial charge in [0.1, 0.15) is 23.4 Å². The molecule has 1 fully saturated rings. The number of benzene rings is 2. The van der Waals surface area contributed by atoms with Crippen molar-refractivity contribution in [3.05, 3.63) is 58.4 Å². The Kier molecular flexibility index (Phi) is 6.81. The number of phenols is 1. The van der Waals surface area contributed by atoms with Crippen molar-refractivity contribution in [2.75, 3.05) is 33.7 Å². The molecular weight excluding hydrogens is 367 g/mol. The lowest BCUT2D eigenvalue weighted by Crippen LogP contribution is -2.51. The van der Waals surface area contributed by atoms with Gasteiger partial charge < -0.3 is 9.84 Å². The number of nitrogens with zero attached hydrogens (tertiary/aromatic N) is 2. The molecule has 2 heterocycles. The summed E-state index contributed by atoms with van der Waals surface area (Å²) in [6.07, 6.45) is 2.25. The van der Waals surface area contributed by atoms with E-state index >= 15 is 4.39 Å². The van der Waals surface area contributed by atoms with Gasteiger partial charge in [0.2, 0.25) is 0 Å². The number of likely N-dealkylation sites (tertiary alicyclic amines) is 1. The molecule has 0 aliphatic carbocycles. The molecule has 2 aliphatic heterocycles. The predicted molar refractivity (Wildman–Crippen MR) is 115 cm³/mol. The Hall–Kier alpha value is -2.11. The van der Waals surface area contributed by atoms with E-state index in [4.69, 9.17) is 4.74 Å². The van der Waals surface area contributed by atoms with Crippen LogP contribution in [0.1, 0.15) is 48.6 Å². The average Bonchev–Trinajstić information content (AvgIpc) is 2.62. The Morgan fingerprint density at radius 1 is 1.14 bits per heavy atom. The van der Waals surface area contributed by atoms with E-state index < -0.39 is 0 Å². The molecule has 1 N–H and O–H groups in total. The van der Waals surface area contributed by atoms with Crippen molar-refractivity contribution in [1.29, 1.82) is 0 Å². The number of fused-ring (bicyclic) bond motifs is 1. The van der Waals surface area contributed by atoms with Gasteiger partial charge in [-0.2, -0.15) is 0 Å². The van der Waals surface area contributed by atoms with Crippen LogP contribution in [0.25, 0.3) is 0 Å². The lowest BCUT2D eigenvalue weighted by atomic mass is 9.86. The summed E-state index contributed by atoms with van der Waals surface area (Å²) in [6, 6.07) is 8.71. The minimum Gasteiger partial charge on any atom is -0.508 e. The minimum absolute atomic E-state index is 0.144. The molecule has 2 aromatic rings. The SMILES string of the molecule is CCC.Cc1cc(OC2CN(C)C2)cc(F)c1[C@H]1c2ccc(O)cc2CCN1C. The van der Waals surface area contributed by atoms with Gasteiger partial charge in [-0.3, -0.25) is 9.80 Å². The maximum Gasteiger partial charge on any atom is 0.132 e.